The fourth-order valence-electron chi connectivity index (χ4n) is 3.49. The van der Waals surface area contributed by atoms with Crippen LogP contribution in [0.2, 0.25) is 0 Å². The topological polar surface area (TPSA) is 47.9 Å². The van der Waals surface area contributed by atoms with Gasteiger partial charge in [0.25, 0.3) is 11.1 Å². The third-order valence-corrected chi connectivity index (χ3v) is 6.09. The Morgan fingerprint density at radius 2 is 1.88 bits per heavy atom. The standard InChI is InChI=1S/C21H29NO3S/c1-15(2)25-20-22-19(23)18(26-20)13-16-7-9-17(10-8-16)24-14-21(3)11-5-4-6-12-21/h7-10,15,18H,4-6,11-14H2,1-3H3. The molecular formula is C21H29NO3S. The van der Waals surface area contributed by atoms with E-state index in [1.807, 2.05) is 38.1 Å². The summed E-state index contributed by atoms with van der Waals surface area (Å²) in [7, 11) is 0. The van der Waals surface area contributed by atoms with Gasteiger partial charge in [0.05, 0.1) is 18.0 Å². The van der Waals surface area contributed by atoms with Gasteiger partial charge in [-0.15, -0.1) is 0 Å². The molecule has 0 saturated heterocycles. The van der Waals surface area contributed by atoms with Crippen LogP contribution in [0.25, 0.3) is 0 Å². The van der Waals surface area contributed by atoms with Crippen molar-refractivity contribution in [2.45, 2.75) is 70.7 Å². The van der Waals surface area contributed by atoms with E-state index in [4.69, 9.17) is 9.47 Å². The van der Waals surface area contributed by atoms with Crippen LogP contribution in [0.4, 0.5) is 0 Å². The molecule has 142 valence electrons. The molecular weight excluding hydrogens is 346 g/mol. The molecule has 1 unspecified atom stereocenters. The minimum absolute atomic E-state index is 0.0373. The average molecular weight is 376 g/mol. The van der Waals surface area contributed by atoms with Crippen molar-refractivity contribution >= 4 is 22.9 Å². The van der Waals surface area contributed by atoms with E-state index in [1.54, 1.807) is 0 Å². The number of carbonyl (C=O) groups is 1. The van der Waals surface area contributed by atoms with Gasteiger partial charge in [-0.1, -0.05) is 50.1 Å². The molecule has 2 aliphatic rings. The molecule has 26 heavy (non-hydrogen) atoms. The lowest BCUT2D eigenvalue weighted by atomic mass is 9.76. The Balaban J connectivity index is 1.50. The van der Waals surface area contributed by atoms with E-state index in [2.05, 4.69) is 11.9 Å². The van der Waals surface area contributed by atoms with Crippen LogP contribution >= 0.6 is 11.8 Å². The van der Waals surface area contributed by atoms with Crippen molar-refractivity contribution in [2.75, 3.05) is 6.61 Å². The largest absolute Gasteiger partial charge is 0.493 e. The SMILES string of the molecule is CC(C)OC1=NC(=O)C(Cc2ccc(OCC3(C)CCCCC3)cc2)S1. The summed E-state index contributed by atoms with van der Waals surface area (Å²) in [5.41, 5.74) is 1.43. The number of thioether (sulfide) groups is 1. The second kappa shape index (κ2) is 8.47. The molecule has 1 aromatic rings. The van der Waals surface area contributed by atoms with E-state index < -0.39 is 0 Å². The molecule has 0 bridgehead atoms. The number of hydrogen-bond acceptors (Lipinski definition) is 4. The highest BCUT2D eigenvalue weighted by molar-refractivity contribution is 8.15. The molecule has 1 fully saturated rings. The molecule has 0 spiro atoms. The van der Waals surface area contributed by atoms with Crippen LogP contribution in [0.15, 0.2) is 29.3 Å². The highest BCUT2D eigenvalue weighted by Gasteiger charge is 2.30. The van der Waals surface area contributed by atoms with Crippen molar-refractivity contribution in [3.8, 4) is 5.75 Å². The third-order valence-electron chi connectivity index (χ3n) is 5.05. The number of carbonyl (C=O) groups excluding carboxylic acids is 1. The molecule has 0 aromatic heterocycles. The Hall–Kier alpha value is -1.49. The monoisotopic (exact) mass is 375 g/mol. The minimum Gasteiger partial charge on any atom is -0.493 e. The van der Waals surface area contributed by atoms with Crippen LogP contribution in [0.5, 0.6) is 5.75 Å². The maximum Gasteiger partial charge on any atom is 0.263 e. The van der Waals surface area contributed by atoms with E-state index in [0.717, 1.165) is 17.9 Å². The maximum atomic E-state index is 12.0. The zero-order chi connectivity index (χ0) is 18.6. The first-order valence-electron chi connectivity index (χ1n) is 9.61. The summed E-state index contributed by atoms with van der Waals surface area (Å²) in [6, 6.07) is 8.12. The Morgan fingerprint density at radius 3 is 2.54 bits per heavy atom. The molecule has 0 radical (unpaired) electrons. The Kier molecular flexibility index (Phi) is 6.28. The zero-order valence-corrected chi connectivity index (χ0v) is 16.8. The van der Waals surface area contributed by atoms with Crippen LogP contribution in [-0.4, -0.2) is 29.1 Å². The molecule has 1 aliphatic carbocycles. The number of aliphatic imine (C=N–C) groups is 1. The Bertz CT molecular complexity index is 648. The lowest BCUT2D eigenvalue weighted by molar-refractivity contribution is -0.117. The molecule has 1 saturated carbocycles. The molecule has 1 atom stereocenters. The van der Waals surface area contributed by atoms with Crippen molar-refractivity contribution in [1.82, 2.24) is 0 Å². The number of benzene rings is 1. The minimum atomic E-state index is -0.184. The van der Waals surface area contributed by atoms with Crippen LogP contribution < -0.4 is 4.74 Å². The second-order valence-corrected chi connectivity index (χ2v) is 9.15. The van der Waals surface area contributed by atoms with E-state index in [0.29, 0.717) is 17.1 Å². The van der Waals surface area contributed by atoms with E-state index >= 15 is 0 Å². The van der Waals surface area contributed by atoms with Gasteiger partial charge in [-0.05, 0) is 50.8 Å². The first kappa shape index (κ1) is 19.3. The molecule has 3 rings (SSSR count). The van der Waals surface area contributed by atoms with Crippen molar-refractivity contribution < 1.29 is 14.3 Å². The number of nitrogens with zero attached hydrogens (tertiary/aromatic N) is 1. The molecule has 1 amide bonds. The quantitative estimate of drug-likeness (QED) is 0.702. The van der Waals surface area contributed by atoms with Crippen LogP contribution in [0, 0.1) is 5.41 Å². The van der Waals surface area contributed by atoms with Crippen molar-refractivity contribution in [3.05, 3.63) is 29.8 Å². The third kappa shape index (κ3) is 5.26. The molecule has 5 heteroatoms. The summed E-state index contributed by atoms with van der Waals surface area (Å²) in [6.45, 7) is 6.99. The molecule has 1 aliphatic heterocycles. The Morgan fingerprint density at radius 1 is 1.19 bits per heavy atom. The van der Waals surface area contributed by atoms with Gasteiger partial charge in [-0.25, -0.2) is 0 Å². The number of hydrogen-bond donors (Lipinski definition) is 0. The summed E-state index contributed by atoms with van der Waals surface area (Å²) in [5, 5.41) is 0.312. The summed E-state index contributed by atoms with van der Waals surface area (Å²) in [5.74, 6) is 0.808. The van der Waals surface area contributed by atoms with Gasteiger partial charge in [0.1, 0.15) is 5.75 Å². The van der Waals surface area contributed by atoms with Gasteiger partial charge >= 0.3 is 0 Å². The van der Waals surface area contributed by atoms with Crippen LogP contribution in [-0.2, 0) is 16.0 Å². The first-order chi connectivity index (χ1) is 12.4. The highest BCUT2D eigenvalue weighted by atomic mass is 32.2. The number of rotatable bonds is 6. The van der Waals surface area contributed by atoms with Gasteiger partial charge in [-0.2, -0.15) is 4.99 Å². The predicted octanol–water partition coefficient (Wildman–Crippen LogP) is 5.00. The summed E-state index contributed by atoms with van der Waals surface area (Å²) in [4.78, 5) is 16.0. The predicted molar refractivity (Wildman–Crippen MR) is 107 cm³/mol. The molecule has 4 nitrogen and oxygen atoms in total. The van der Waals surface area contributed by atoms with Gasteiger partial charge in [-0.3, -0.25) is 4.79 Å². The van der Waals surface area contributed by atoms with E-state index in [9.17, 15) is 4.79 Å². The van der Waals surface area contributed by atoms with E-state index in [1.165, 1.54) is 43.9 Å². The lowest BCUT2D eigenvalue weighted by Gasteiger charge is -2.33. The average Bonchev–Trinajstić information content (AvgIpc) is 2.93. The van der Waals surface area contributed by atoms with Crippen molar-refractivity contribution in [3.63, 3.8) is 0 Å². The summed E-state index contributed by atoms with van der Waals surface area (Å²) >= 11 is 1.42. The second-order valence-electron chi connectivity index (χ2n) is 8.00. The fraction of sp³-hybridized carbons (Fsp3) is 0.619. The molecule has 1 aromatic carbocycles. The molecule has 1 heterocycles. The fourth-order valence-corrected chi connectivity index (χ4v) is 4.55. The highest BCUT2D eigenvalue weighted by Crippen LogP contribution is 2.36. The number of ether oxygens (including phenoxy) is 2. The normalized spacial score (nSPS) is 22.4. The van der Waals surface area contributed by atoms with Crippen molar-refractivity contribution in [2.24, 2.45) is 10.4 Å². The maximum absolute atomic E-state index is 12.0. The zero-order valence-electron chi connectivity index (χ0n) is 16.0. The smallest absolute Gasteiger partial charge is 0.263 e. The van der Waals surface area contributed by atoms with Gasteiger partial charge in [0, 0.05) is 5.41 Å². The van der Waals surface area contributed by atoms with E-state index in [-0.39, 0.29) is 17.3 Å². The van der Waals surface area contributed by atoms with Crippen LogP contribution in [0.3, 0.4) is 0 Å². The first-order valence-corrected chi connectivity index (χ1v) is 10.5. The Labute approximate surface area is 160 Å². The summed E-state index contributed by atoms with van der Waals surface area (Å²) < 4.78 is 11.6. The van der Waals surface area contributed by atoms with Gasteiger partial charge in [0.15, 0.2) is 0 Å². The number of amides is 1. The van der Waals surface area contributed by atoms with Crippen molar-refractivity contribution in [1.29, 1.82) is 0 Å². The lowest BCUT2D eigenvalue weighted by Crippen LogP contribution is -2.27. The van der Waals surface area contributed by atoms with Gasteiger partial charge < -0.3 is 9.47 Å². The van der Waals surface area contributed by atoms with Gasteiger partial charge in [0.2, 0.25) is 0 Å². The summed E-state index contributed by atoms with van der Waals surface area (Å²) in [6.07, 6.45) is 7.20. The molecule has 0 N–H and O–H groups in total. The van der Waals surface area contributed by atoms with Crippen LogP contribution in [0.1, 0.15) is 58.4 Å².